The summed E-state index contributed by atoms with van der Waals surface area (Å²) in [7, 11) is 0. The Kier molecular flexibility index (Phi) is 6.23. The molecular formula is C27H23N3O3. The summed E-state index contributed by atoms with van der Waals surface area (Å²) in [5.74, 6) is -0.193. The molecule has 164 valence electrons. The summed E-state index contributed by atoms with van der Waals surface area (Å²) < 4.78 is 5.51. The highest BCUT2D eigenvalue weighted by Gasteiger charge is 2.40. The second-order valence-electron chi connectivity index (χ2n) is 7.49. The number of aryl methyl sites for hydroxylation is 1. The largest absolute Gasteiger partial charge is 0.494 e. The van der Waals surface area contributed by atoms with Crippen molar-refractivity contribution in [3.63, 3.8) is 0 Å². The third-order valence-electron chi connectivity index (χ3n) is 5.42. The highest BCUT2D eigenvalue weighted by molar-refractivity contribution is 6.46. The van der Waals surface area contributed by atoms with Gasteiger partial charge in [0.15, 0.2) is 0 Å². The van der Waals surface area contributed by atoms with Gasteiger partial charge in [0.1, 0.15) is 11.4 Å². The Labute approximate surface area is 192 Å². The van der Waals surface area contributed by atoms with Crippen LogP contribution in [0.3, 0.4) is 0 Å². The van der Waals surface area contributed by atoms with Gasteiger partial charge in [-0.1, -0.05) is 31.2 Å². The molecule has 1 aliphatic heterocycles. The summed E-state index contributed by atoms with van der Waals surface area (Å²) in [6.07, 6.45) is 0.907. The van der Waals surface area contributed by atoms with Gasteiger partial charge < -0.3 is 10.1 Å². The molecule has 0 aliphatic carbocycles. The zero-order valence-corrected chi connectivity index (χ0v) is 18.5. The van der Waals surface area contributed by atoms with Crippen LogP contribution in [-0.2, 0) is 16.0 Å². The molecule has 0 spiro atoms. The summed E-state index contributed by atoms with van der Waals surface area (Å²) in [4.78, 5) is 28.1. The topological polar surface area (TPSA) is 82.4 Å². The molecule has 6 nitrogen and oxygen atoms in total. The number of carbonyl (C=O) groups is 2. The van der Waals surface area contributed by atoms with Crippen LogP contribution in [0.5, 0.6) is 5.75 Å². The van der Waals surface area contributed by atoms with Gasteiger partial charge in [-0.25, -0.2) is 4.90 Å². The summed E-state index contributed by atoms with van der Waals surface area (Å²) in [5, 5.41) is 12.2. The molecule has 0 radical (unpaired) electrons. The first kappa shape index (κ1) is 21.8. The van der Waals surface area contributed by atoms with E-state index < -0.39 is 11.8 Å². The zero-order valence-electron chi connectivity index (χ0n) is 18.5. The van der Waals surface area contributed by atoms with Gasteiger partial charge in [0.05, 0.1) is 29.5 Å². The summed E-state index contributed by atoms with van der Waals surface area (Å²) in [6.45, 7) is 4.51. The van der Waals surface area contributed by atoms with E-state index in [0.717, 1.165) is 11.3 Å². The normalized spacial score (nSPS) is 13.3. The number of nitrogens with one attached hydrogen (secondary N) is 1. The lowest BCUT2D eigenvalue weighted by molar-refractivity contribution is -0.120. The summed E-state index contributed by atoms with van der Waals surface area (Å²) in [5.41, 5.74) is 3.85. The van der Waals surface area contributed by atoms with Crippen LogP contribution in [0.1, 0.15) is 30.5 Å². The zero-order chi connectivity index (χ0) is 23.4. The first-order valence-corrected chi connectivity index (χ1v) is 10.8. The fourth-order valence-corrected chi connectivity index (χ4v) is 3.69. The van der Waals surface area contributed by atoms with E-state index in [9.17, 15) is 9.59 Å². The maximum atomic E-state index is 13.5. The number of benzene rings is 3. The van der Waals surface area contributed by atoms with Crippen LogP contribution in [0.4, 0.5) is 11.4 Å². The average molecular weight is 437 g/mol. The molecule has 0 unspecified atom stereocenters. The Hall–Kier alpha value is -4.37. The maximum Gasteiger partial charge on any atom is 0.282 e. The number of hydrogen-bond acceptors (Lipinski definition) is 5. The molecule has 1 aliphatic rings. The Morgan fingerprint density at radius 3 is 2.12 bits per heavy atom. The highest BCUT2D eigenvalue weighted by atomic mass is 16.5. The minimum atomic E-state index is -0.451. The van der Waals surface area contributed by atoms with Crippen LogP contribution >= 0.6 is 0 Å². The van der Waals surface area contributed by atoms with Crippen molar-refractivity contribution in [2.45, 2.75) is 20.3 Å². The van der Waals surface area contributed by atoms with Crippen LogP contribution in [0.25, 0.3) is 5.57 Å². The minimum absolute atomic E-state index is 0.206. The van der Waals surface area contributed by atoms with Crippen LogP contribution in [0.2, 0.25) is 0 Å². The van der Waals surface area contributed by atoms with E-state index in [1.165, 1.54) is 5.56 Å². The van der Waals surface area contributed by atoms with E-state index in [-0.39, 0.29) is 11.3 Å². The van der Waals surface area contributed by atoms with Gasteiger partial charge in [-0.15, -0.1) is 0 Å². The Balaban J connectivity index is 1.76. The Morgan fingerprint density at radius 1 is 0.879 bits per heavy atom. The molecule has 1 N–H and O–H groups in total. The van der Waals surface area contributed by atoms with Crippen molar-refractivity contribution in [3.05, 3.63) is 95.2 Å². The molecule has 2 amide bonds. The number of hydrogen-bond donors (Lipinski definition) is 1. The van der Waals surface area contributed by atoms with E-state index >= 15 is 0 Å². The standard InChI is InChI=1S/C27H23N3O3/c1-3-18-5-11-21(12-6-18)29-25-24(20-9-15-23(16-10-20)33-4-2)26(31)30(27(25)32)22-13-7-19(17-28)8-14-22/h5-16,29H,3-4H2,1-2H3. The van der Waals surface area contributed by atoms with Gasteiger partial charge in [-0.3, -0.25) is 9.59 Å². The molecule has 3 aromatic rings. The smallest absolute Gasteiger partial charge is 0.282 e. The molecule has 3 aromatic carbocycles. The second-order valence-corrected chi connectivity index (χ2v) is 7.49. The Morgan fingerprint density at radius 2 is 1.55 bits per heavy atom. The highest BCUT2D eigenvalue weighted by Crippen LogP contribution is 2.34. The molecule has 0 fully saturated rings. The van der Waals surface area contributed by atoms with E-state index in [1.807, 2.05) is 37.3 Å². The molecule has 4 rings (SSSR count). The van der Waals surface area contributed by atoms with Crippen molar-refractivity contribution in [1.29, 1.82) is 5.26 Å². The number of imide groups is 1. The predicted octanol–water partition coefficient (Wildman–Crippen LogP) is 4.92. The molecule has 1 heterocycles. The molecule has 33 heavy (non-hydrogen) atoms. The Bertz CT molecular complexity index is 1250. The van der Waals surface area contributed by atoms with Crippen molar-refractivity contribution in [2.75, 3.05) is 16.8 Å². The number of rotatable bonds is 7. The maximum absolute atomic E-state index is 13.5. The number of carbonyl (C=O) groups excluding carboxylic acids is 2. The fraction of sp³-hybridized carbons (Fsp3) is 0.148. The molecule has 6 heteroatoms. The average Bonchev–Trinajstić information content (AvgIpc) is 3.09. The summed E-state index contributed by atoms with van der Waals surface area (Å²) in [6, 6.07) is 23.3. The molecule has 0 aromatic heterocycles. The van der Waals surface area contributed by atoms with Gasteiger partial charge in [0.25, 0.3) is 11.8 Å². The van der Waals surface area contributed by atoms with Gasteiger partial charge in [-0.2, -0.15) is 5.26 Å². The molecule has 0 saturated heterocycles. The third kappa shape index (κ3) is 4.35. The lowest BCUT2D eigenvalue weighted by atomic mass is 10.0. The van der Waals surface area contributed by atoms with Crippen molar-refractivity contribution in [2.24, 2.45) is 0 Å². The first-order chi connectivity index (χ1) is 16.0. The fourth-order valence-electron chi connectivity index (χ4n) is 3.69. The van der Waals surface area contributed by atoms with Crippen molar-refractivity contribution in [1.82, 2.24) is 0 Å². The third-order valence-corrected chi connectivity index (χ3v) is 5.42. The molecular weight excluding hydrogens is 414 g/mol. The summed E-state index contributed by atoms with van der Waals surface area (Å²) >= 11 is 0. The molecule has 0 atom stereocenters. The lowest BCUT2D eigenvalue weighted by Gasteiger charge is -2.15. The molecule has 0 saturated carbocycles. The van der Waals surface area contributed by atoms with E-state index in [4.69, 9.17) is 10.00 Å². The van der Waals surface area contributed by atoms with Crippen LogP contribution in [0.15, 0.2) is 78.5 Å². The van der Waals surface area contributed by atoms with Crippen LogP contribution in [0, 0.1) is 11.3 Å². The number of nitrogens with zero attached hydrogens (tertiary/aromatic N) is 2. The number of ether oxygens (including phenoxy) is 1. The van der Waals surface area contributed by atoms with Crippen LogP contribution in [-0.4, -0.2) is 18.4 Å². The van der Waals surface area contributed by atoms with Gasteiger partial charge in [-0.05, 0) is 73.0 Å². The minimum Gasteiger partial charge on any atom is -0.494 e. The predicted molar refractivity (Wildman–Crippen MR) is 128 cm³/mol. The monoisotopic (exact) mass is 437 g/mol. The van der Waals surface area contributed by atoms with E-state index in [2.05, 4.69) is 12.2 Å². The van der Waals surface area contributed by atoms with Gasteiger partial charge in [0.2, 0.25) is 0 Å². The number of anilines is 2. The van der Waals surface area contributed by atoms with E-state index in [0.29, 0.717) is 34.9 Å². The second kappa shape index (κ2) is 9.41. The van der Waals surface area contributed by atoms with Gasteiger partial charge in [0, 0.05) is 5.69 Å². The number of amides is 2. The van der Waals surface area contributed by atoms with Crippen molar-refractivity contribution < 1.29 is 14.3 Å². The van der Waals surface area contributed by atoms with Crippen molar-refractivity contribution in [3.8, 4) is 11.8 Å². The first-order valence-electron chi connectivity index (χ1n) is 10.8. The SMILES string of the molecule is CCOc1ccc(C2=C(Nc3ccc(CC)cc3)C(=O)N(c3ccc(C#N)cc3)C2=O)cc1. The lowest BCUT2D eigenvalue weighted by Crippen LogP contribution is -2.32. The van der Waals surface area contributed by atoms with Gasteiger partial charge >= 0.3 is 0 Å². The van der Waals surface area contributed by atoms with Crippen LogP contribution < -0.4 is 15.0 Å². The number of nitriles is 1. The quantitative estimate of drug-likeness (QED) is 0.531. The van der Waals surface area contributed by atoms with Crippen molar-refractivity contribution >= 4 is 28.8 Å². The van der Waals surface area contributed by atoms with E-state index in [1.54, 1.807) is 48.5 Å². The molecule has 0 bridgehead atoms.